The first kappa shape index (κ1) is 13.7. The van der Waals surface area contributed by atoms with Crippen molar-refractivity contribution in [1.29, 1.82) is 0 Å². The summed E-state index contributed by atoms with van der Waals surface area (Å²) in [5.74, 6) is 1.99. The minimum absolute atomic E-state index is 0.126. The normalized spacial score (nSPS) is 38.8. The molecule has 21 heavy (non-hydrogen) atoms. The lowest BCUT2D eigenvalue weighted by atomic mass is 9.93. The molecule has 2 N–H and O–H groups in total. The molecule has 2 bridgehead atoms. The predicted octanol–water partition coefficient (Wildman–Crippen LogP) is 0.298. The van der Waals surface area contributed by atoms with Crippen molar-refractivity contribution < 1.29 is 14.2 Å². The number of quaternary nitrogens is 2. The van der Waals surface area contributed by atoms with Crippen LogP contribution in [-0.4, -0.2) is 32.2 Å². The Balaban J connectivity index is 1.29. The fourth-order valence-corrected chi connectivity index (χ4v) is 5.11. The van der Waals surface area contributed by atoms with Crippen molar-refractivity contribution in [3.63, 3.8) is 0 Å². The standard InChI is InChI=1S/C18H25FN2/c19-17-5-2-14(3-6-17)13-20-7-9-21(10-8-20)18-12-15-1-4-16(18)11-15/h2-3,5-6,15-16,18H,1,4,7-13H2/p+2/t15-,16+,18+/m0/s1. The van der Waals surface area contributed by atoms with Crippen molar-refractivity contribution in [2.75, 3.05) is 26.2 Å². The second-order valence-electron chi connectivity index (χ2n) is 7.49. The Hall–Kier alpha value is -0.930. The Morgan fingerprint density at radius 2 is 1.71 bits per heavy atom. The molecule has 3 aliphatic rings. The van der Waals surface area contributed by atoms with Gasteiger partial charge in [0, 0.05) is 17.9 Å². The zero-order valence-corrected chi connectivity index (χ0v) is 12.8. The van der Waals surface area contributed by atoms with E-state index in [2.05, 4.69) is 0 Å². The van der Waals surface area contributed by atoms with Crippen LogP contribution in [0, 0.1) is 17.7 Å². The number of fused-ring (bicyclic) bond motifs is 2. The second-order valence-corrected chi connectivity index (χ2v) is 7.49. The highest BCUT2D eigenvalue weighted by molar-refractivity contribution is 5.14. The van der Waals surface area contributed by atoms with E-state index in [0.29, 0.717) is 0 Å². The molecule has 1 saturated heterocycles. The van der Waals surface area contributed by atoms with E-state index < -0.39 is 0 Å². The second kappa shape index (κ2) is 5.69. The van der Waals surface area contributed by atoms with Crippen LogP contribution >= 0.6 is 0 Å². The average Bonchev–Trinajstić information content (AvgIpc) is 3.13. The van der Waals surface area contributed by atoms with Crippen LogP contribution in [0.25, 0.3) is 0 Å². The van der Waals surface area contributed by atoms with E-state index in [1.54, 1.807) is 17.0 Å². The number of nitrogens with one attached hydrogen (secondary N) is 2. The number of rotatable bonds is 3. The smallest absolute Gasteiger partial charge is 0.127 e. The van der Waals surface area contributed by atoms with Crippen molar-refractivity contribution in [1.82, 2.24) is 0 Å². The molecular formula is C18H27FN2+2. The molecule has 114 valence electrons. The summed E-state index contributed by atoms with van der Waals surface area (Å²) < 4.78 is 13.0. The summed E-state index contributed by atoms with van der Waals surface area (Å²) in [6.07, 6.45) is 6.05. The van der Waals surface area contributed by atoms with Gasteiger partial charge in [-0.3, -0.25) is 0 Å². The highest BCUT2D eigenvalue weighted by Gasteiger charge is 2.45. The van der Waals surface area contributed by atoms with Crippen LogP contribution in [-0.2, 0) is 6.54 Å². The van der Waals surface area contributed by atoms with Gasteiger partial charge in [-0.2, -0.15) is 0 Å². The van der Waals surface area contributed by atoms with E-state index in [4.69, 9.17) is 0 Å². The Bertz CT molecular complexity index is 478. The van der Waals surface area contributed by atoms with Crippen molar-refractivity contribution in [3.8, 4) is 0 Å². The summed E-state index contributed by atoms with van der Waals surface area (Å²) in [5, 5.41) is 0. The predicted molar refractivity (Wildman–Crippen MR) is 80.7 cm³/mol. The minimum Gasteiger partial charge on any atom is -0.323 e. The molecule has 2 nitrogen and oxygen atoms in total. The number of benzene rings is 1. The molecule has 0 amide bonds. The van der Waals surface area contributed by atoms with Gasteiger partial charge in [0.05, 0.1) is 6.04 Å². The van der Waals surface area contributed by atoms with E-state index in [-0.39, 0.29) is 5.82 Å². The Labute approximate surface area is 126 Å². The third-order valence-corrected chi connectivity index (χ3v) is 6.23. The van der Waals surface area contributed by atoms with Gasteiger partial charge >= 0.3 is 0 Å². The molecule has 2 saturated carbocycles. The van der Waals surface area contributed by atoms with Crippen LogP contribution in [0.3, 0.4) is 0 Å². The quantitative estimate of drug-likeness (QED) is 0.792. The van der Waals surface area contributed by atoms with Crippen LogP contribution in [0.5, 0.6) is 0 Å². The van der Waals surface area contributed by atoms with Gasteiger partial charge in [0.25, 0.3) is 0 Å². The summed E-state index contributed by atoms with van der Waals surface area (Å²) in [7, 11) is 0. The summed E-state index contributed by atoms with van der Waals surface area (Å²) in [5.41, 5.74) is 1.27. The number of hydrogen-bond acceptors (Lipinski definition) is 0. The van der Waals surface area contributed by atoms with Crippen molar-refractivity contribution in [2.45, 2.75) is 38.3 Å². The molecule has 0 radical (unpaired) electrons. The molecule has 1 aliphatic heterocycles. The Kier molecular flexibility index (Phi) is 3.72. The first-order valence-electron chi connectivity index (χ1n) is 8.70. The van der Waals surface area contributed by atoms with Gasteiger partial charge < -0.3 is 9.80 Å². The van der Waals surface area contributed by atoms with Crippen molar-refractivity contribution in [3.05, 3.63) is 35.6 Å². The van der Waals surface area contributed by atoms with E-state index in [1.807, 2.05) is 17.0 Å². The van der Waals surface area contributed by atoms with E-state index in [1.165, 1.54) is 57.4 Å². The SMILES string of the molecule is Fc1ccc(C[NH+]2CC[NH+]([C@@H]3C[C@H]4CC[C@@H]3C4)CC2)cc1. The van der Waals surface area contributed by atoms with Gasteiger partial charge in [0.1, 0.15) is 38.5 Å². The number of hydrogen-bond donors (Lipinski definition) is 2. The fourth-order valence-electron chi connectivity index (χ4n) is 5.11. The Morgan fingerprint density at radius 1 is 0.952 bits per heavy atom. The van der Waals surface area contributed by atoms with Gasteiger partial charge in [-0.1, -0.05) is 12.1 Å². The highest BCUT2D eigenvalue weighted by atomic mass is 19.1. The zero-order valence-electron chi connectivity index (χ0n) is 12.8. The molecule has 3 heteroatoms. The van der Waals surface area contributed by atoms with Crippen molar-refractivity contribution >= 4 is 0 Å². The van der Waals surface area contributed by atoms with Gasteiger partial charge in [-0.05, 0) is 37.3 Å². The van der Waals surface area contributed by atoms with Crippen LogP contribution in [0.15, 0.2) is 24.3 Å². The van der Waals surface area contributed by atoms with Crippen LogP contribution < -0.4 is 9.80 Å². The van der Waals surface area contributed by atoms with Crippen LogP contribution in [0.2, 0.25) is 0 Å². The van der Waals surface area contributed by atoms with E-state index in [0.717, 1.165) is 24.4 Å². The molecule has 1 aromatic rings. The lowest BCUT2D eigenvalue weighted by Gasteiger charge is -2.36. The molecule has 1 heterocycles. The summed E-state index contributed by atoms with van der Waals surface area (Å²) >= 11 is 0. The van der Waals surface area contributed by atoms with E-state index in [9.17, 15) is 4.39 Å². The van der Waals surface area contributed by atoms with Gasteiger partial charge in [0.15, 0.2) is 0 Å². The van der Waals surface area contributed by atoms with Crippen molar-refractivity contribution in [2.24, 2.45) is 11.8 Å². The maximum atomic E-state index is 13.0. The number of piperazine rings is 1. The molecule has 0 spiro atoms. The lowest BCUT2D eigenvalue weighted by molar-refractivity contribution is -1.03. The first-order valence-corrected chi connectivity index (χ1v) is 8.70. The molecule has 0 aromatic heterocycles. The molecule has 0 unspecified atom stereocenters. The van der Waals surface area contributed by atoms with E-state index >= 15 is 0 Å². The molecular weight excluding hydrogens is 263 g/mol. The highest BCUT2D eigenvalue weighted by Crippen LogP contribution is 2.43. The van der Waals surface area contributed by atoms with Crippen LogP contribution in [0.1, 0.15) is 31.2 Å². The third-order valence-electron chi connectivity index (χ3n) is 6.23. The number of halogens is 1. The zero-order chi connectivity index (χ0) is 14.2. The fraction of sp³-hybridized carbons (Fsp3) is 0.667. The average molecular weight is 290 g/mol. The molecule has 2 aliphatic carbocycles. The Morgan fingerprint density at radius 3 is 2.33 bits per heavy atom. The molecule has 4 rings (SSSR count). The summed E-state index contributed by atoms with van der Waals surface area (Å²) in [6.45, 7) is 6.29. The largest absolute Gasteiger partial charge is 0.323 e. The summed E-state index contributed by atoms with van der Waals surface area (Å²) in [4.78, 5) is 3.57. The monoisotopic (exact) mass is 290 g/mol. The molecule has 3 atom stereocenters. The minimum atomic E-state index is -0.126. The topological polar surface area (TPSA) is 8.88 Å². The first-order chi connectivity index (χ1) is 10.3. The summed E-state index contributed by atoms with van der Waals surface area (Å²) in [6, 6.07) is 8.04. The maximum absolute atomic E-state index is 13.0. The maximum Gasteiger partial charge on any atom is 0.127 e. The van der Waals surface area contributed by atoms with Gasteiger partial charge in [-0.15, -0.1) is 0 Å². The molecule has 1 aromatic carbocycles. The van der Waals surface area contributed by atoms with Gasteiger partial charge in [-0.25, -0.2) is 4.39 Å². The lowest BCUT2D eigenvalue weighted by Crippen LogP contribution is -3.29. The third kappa shape index (κ3) is 2.86. The van der Waals surface area contributed by atoms with Crippen LogP contribution in [0.4, 0.5) is 4.39 Å². The van der Waals surface area contributed by atoms with Gasteiger partial charge in [0.2, 0.25) is 0 Å². The molecule has 3 fully saturated rings.